The van der Waals surface area contributed by atoms with E-state index in [9.17, 15) is 0 Å². The van der Waals surface area contributed by atoms with Crippen LogP contribution in [0.1, 0.15) is 22.3 Å². The van der Waals surface area contributed by atoms with Crippen molar-refractivity contribution in [2.45, 2.75) is 0 Å². The second-order valence-electron chi connectivity index (χ2n) is 5.96. The van der Waals surface area contributed by atoms with Gasteiger partial charge in [0.1, 0.15) is 0 Å². The van der Waals surface area contributed by atoms with Crippen LogP contribution >= 0.6 is 0 Å². The van der Waals surface area contributed by atoms with Crippen LogP contribution in [-0.4, -0.2) is 0 Å². The second-order valence-corrected chi connectivity index (χ2v) is 5.96. The fraction of sp³-hybridized carbons (Fsp3) is 0. The van der Waals surface area contributed by atoms with Gasteiger partial charge in [0.2, 0.25) is 0 Å². The fourth-order valence-corrected chi connectivity index (χ4v) is 3.27. The summed E-state index contributed by atoms with van der Waals surface area (Å²) in [5.41, 5.74) is 3.56. The molecule has 0 radical (unpaired) electrons. The molecule has 4 aromatic carbocycles. The molecule has 0 aliphatic heterocycles. The van der Waals surface area contributed by atoms with E-state index in [1.54, 1.807) is 0 Å². The standard InChI is InChI=1S/C26H14/c1-3-19-9-5-11-21-13-7-15-23(25(19)21)17-18-24-16-8-14-22-12-6-10-20(4-2)26(22)24/h1-2,5-16H. The summed E-state index contributed by atoms with van der Waals surface area (Å²) < 4.78 is 0. The predicted molar refractivity (Wildman–Crippen MR) is 110 cm³/mol. The number of hydrogen-bond acceptors (Lipinski definition) is 0. The van der Waals surface area contributed by atoms with Crippen LogP contribution in [0.25, 0.3) is 21.5 Å². The van der Waals surface area contributed by atoms with Crippen LogP contribution in [0.15, 0.2) is 72.8 Å². The first-order valence-electron chi connectivity index (χ1n) is 8.30. The van der Waals surface area contributed by atoms with Crippen LogP contribution in [0.2, 0.25) is 0 Å². The summed E-state index contributed by atoms with van der Waals surface area (Å²) in [6.07, 6.45) is 11.4. The van der Waals surface area contributed by atoms with Crippen LogP contribution in [0.4, 0.5) is 0 Å². The van der Waals surface area contributed by atoms with E-state index in [1.807, 2.05) is 48.5 Å². The molecule has 0 heteroatoms. The summed E-state index contributed by atoms with van der Waals surface area (Å²) in [6, 6.07) is 24.1. The summed E-state index contributed by atoms with van der Waals surface area (Å²) >= 11 is 0. The monoisotopic (exact) mass is 326 g/mol. The Kier molecular flexibility index (Phi) is 3.92. The van der Waals surface area contributed by atoms with Crippen molar-refractivity contribution in [3.8, 4) is 36.5 Å². The molecule has 118 valence electrons. The van der Waals surface area contributed by atoms with Crippen molar-refractivity contribution in [3.05, 3.63) is 95.1 Å². The quantitative estimate of drug-likeness (QED) is 0.382. The molecule has 0 heterocycles. The Morgan fingerprint density at radius 2 is 0.808 bits per heavy atom. The second kappa shape index (κ2) is 6.53. The molecule has 0 nitrogen and oxygen atoms in total. The minimum Gasteiger partial charge on any atom is -0.115 e. The zero-order chi connectivity index (χ0) is 17.9. The third-order valence-electron chi connectivity index (χ3n) is 4.45. The maximum Gasteiger partial charge on any atom is 0.0340 e. The summed E-state index contributed by atoms with van der Waals surface area (Å²) in [4.78, 5) is 0. The van der Waals surface area contributed by atoms with Crippen molar-refractivity contribution in [1.82, 2.24) is 0 Å². The Balaban J connectivity index is 1.97. The first-order chi connectivity index (χ1) is 12.8. The molecule has 0 saturated carbocycles. The maximum atomic E-state index is 5.68. The summed E-state index contributed by atoms with van der Waals surface area (Å²) in [7, 11) is 0. The van der Waals surface area contributed by atoms with E-state index in [-0.39, 0.29) is 0 Å². The van der Waals surface area contributed by atoms with E-state index < -0.39 is 0 Å². The lowest BCUT2D eigenvalue weighted by Gasteiger charge is -2.05. The van der Waals surface area contributed by atoms with Gasteiger partial charge in [-0.05, 0) is 35.0 Å². The van der Waals surface area contributed by atoms with Gasteiger partial charge >= 0.3 is 0 Å². The van der Waals surface area contributed by atoms with Gasteiger partial charge < -0.3 is 0 Å². The van der Waals surface area contributed by atoms with Gasteiger partial charge in [-0.25, -0.2) is 0 Å². The summed E-state index contributed by atoms with van der Waals surface area (Å²) in [5.74, 6) is 12.1. The first-order valence-corrected chi connectivity index (χ1v) is 8.30. The van der Waals surface area contributed by atoms with Crippen molar-refractivity contribution in [1.29, 1.82) is 0 Å². The van der Waals surface area contributed by atoms with Crippen molar-refractivity contribution >= 4 is 21.5 Å². The lowest BCUT2D eigenvalue weighted by atomic mass is 9.98. The first kappa shape index (κ1) is 15.6. The van der Waals surface area contributed by atoms with Gasteiger partial charge in [0.25, 0.3) is 0 Å². The molecule has 4 aromatic rings. The number of benzene rings is 4. The Bertz CT molecular complexity index is 1180. The zero-order valence-corrected chi connectivity index (χ0v) is 14.1. The molecule has 0 spiro atoms. The Morgan fingerprint density at radius 1 is 0.462 bits per heavy atom. The zero-order valence-electron chi connectivity index (χ0n) is 14.1. The topological polar surface area (TPSA) is 0 Å². The van der Waals surface area contributed by atoms with Crippen molar-refractivity contribution in [2.75, 3.05) is 0 Å². The molecule has 0 aliphatic rings. The number of fused-ring (bicyclic) bond motifs is 2. The third kappa shape index (κ3) is 2.59. The molecule has 0 saturated heterocycles. The smallest absolute Gasteiger partial charge is 0.0340 e. The van der Waals surface area contributed by atoms with Crippen LogP contribution in [0, 0.1) is 36.5 Å². The highest BCUT2D eigenvalue weighted by Crippen LogP contribution is 2.24. The van der Waals surface area contributed by atoms with E-state index in [0.29, 0.717) is 0 Å². The molecule has 0 aliphatic carbocycles. The highest BCUT2D eigenvalue weighted by Gasteiger charge is 2.05. The van der Waals surface area contributed by atoms with Crippen LogP contribution in [0.3, 0.4) is 0 Å². The minimum atomic E-state index is 0.856. The van der Waals surface area contributed by atoms with E-state index in [4.69, 9.17) is 12.8 Å². The maximum absolute atomic E-state index is 5.68. The predicted octanol–water partition coefficient (Wildman–Crippen LogP) is 5.36. The van der Waals surface area contributed by atoms with Gasteiger partial charge in [-0.15, -0.1) is 12.8 Å². The molecule has 4 rings (SSSR count). The van der Waals surface area contributed by atoms with Crippen LogP contribution in [-0.2, 0) is 0 Å². The van der Waals surface area contributed by atoms with E-state index >= 15 is 0 Å². The van der Waals surface area contributed by atoms with Crippen LogP contribution < -0.4 is 0 Å². The molecule has 0 amide bonds. The van der Waals surface area contributed by atoms with Gasteiger partial charge in [0, 0.05) is 33.0 Å². The minimum absolute atomic E-state index is 0.856. The molecular weight excluding hydrogens is 312 g/mol. The van der Waals surface area contributed by atoms with Crippen LogP contribution in [0.5, 0.6) is 0 Å². The Labute approximate surface area is 153 Å². The van der Waals surface area contributed by atoms with Gasteiger partial charge in [0.15, 0.2) is 0 Å². The largest absolute Gasteiger partial charge is 0.115 e. The SMILES string of the molecule is C#Cc1cccc2cccc(C#Cc3cccc4cccc(C#C)c34)c12. The molecule has 0 atom stereocenters. The van der Waals surface area contributed by atoms with Gasteiger partial charge in [-0.1, -0.05) is 72.2 Å². The normalized spacial score (nSPS) is 9.92. The van der Waals surface area contributed by atoms with Crippen molar-refractivity contribution < 1.29 is 0 Å². The Hall–Kier alpha value is -3.92. The van der Waals surface area contributed by atoms with Gasteiger partial charge in [0.05, 0.1) is 0 Å². The molecule has 0 aromatic heterocycles. The number of terminal acetylenes is 2. The number of rotatable bonds is 0. The van der Waals surface area contributed by atoms with Crippen molar-refractivity contribution in [2.24, 2.45) is 0 Å². The third-order valence-corrected chi connectivity index (χ3v) is 4.45. The lowest BCUT2D eigenvalue weighted by Crippen LogP contribution is -1.87. The molecule has 0 bridgehead atoms. The fourth-order valence-electron chi connectivity index (χ4n) is 3.27. The molecule has 26 heavy (non-hydrogen) atoms. The van der Waals surface area contributed by atoms with Gasteiger partial charge in [-0.2, -0.15) is 0 Å². The lowest BCUT2D eigenvalue weighted by molar-refractivity contribution is 1.65. The summed E-state index contributed by atoms with van der Waals surface area (Å²) in [5, 5.41) is 4.22. The average molecular weight is 326 g/mol. The molecular formula is C26H14. The highest BCUT2D eigenvalue weighted by molar-refractivity contribution is 5.95. The molecule has 0 unspecified atom stereocenters. The van der Waals surface area contributed by atoms with E-state index in [0.717, 1.165) is 43.8 Å². The Morgan fingerprint density at radius 3 is 1.15 bits per heavy atom. The van der Waals surface area contributed by atoms with Gasteiger partial charge in [-0.3, -0.25) is 0 Å². The van der Waals surface area contributed by atoms with E-state index in [1.165, 1.54) is 0 Å². The molecule has 0 fully saturated rings. The average Bonchev–Trinajstić information content (AvgIpc) is 2.71. The van der Waals surface area contributed by atoms with Crippen molar-refractivity contribution in [3.63, 3.8) is 0 Å². The molecule has 0 N–H and O–H groups in total. The summed E-state index contributed by atoms with van der Waals surface area (Å²) in [6.45, 7) is 0. The van der Waals surface area contributed by atoms with E-state index in [2.05, 4.69) is 47.9 Å². The highest BCUT2D eigenvalue weighted by atomic mass is 14.1. The number of hydrogen-bond donors (Lipinski definition) is 0.